The molecule has 1 atom stereocenters. The smallest absolute Gasteiger partial charge is 0.0756 e. The van der Waals surface area contributed by atoms with Gasteiger partial charge in [0.05, 0.1) is 6.04 Å². The molecule has 0 amide bonds. The van der Waals surface area contributed by atoms with Gasteiger partial charge in [-0.2, -0.15) is 0 Å². The fraction of sp³-hybridized carbons (Fsp3) is 0.188. The Bertz CT molecular complexity index is 575. The highest BCUT2D eigenvalue weighted by Crippen LogP contribution is 2.31. The van der Waals surface area contributed by atoms with Crippen molar-refractivity contribution in [3.63, 3.8) is 0 Å². The first-order chi connectivity index (χ1) is 8.83. The molecule has 1 aliphatic heterocycles. The summed E-state index contributed by atoms with van der Waals surface area (Å²) in [4.78, 5) is 4.83. The monoisotopic (exact) mass is 255 g/mol. The molecule has 0 bridgehead atoms. The molecule has 0 radical (unpaired) electrons. The van der Waals surface area contributed by atoms with Crippen LogP contribution in [-0.4, -0.2) is 5.71 Å². The zero-order valence-corrected chi connectivity index (χ0v) is 10.8. The van der Waals surface area contributed by atoms with Gasteiger partial charge >= 0.3 is 0 Å². The van der Waals surface area contributed by atoms with Gasteiger partial charge in [-0.1, -0.05) is 54.1 Å². The lowest BCUT2D eigenvalue weighted by molar-refractivity contribution is 0.723. The van der Waals surface area contributed by atoms with Crippen molar-refractivity contribution in [3.05, 3.63) is 70.7 Å². The number of halogens is 1. The van der Waals surface area contributed by atoms with Crippen LogP contribution in [0, 0.1) is 0 Å². The van der Waals surface area contributed by atoms with E-state index in [0.29, 0.717) is 6.04 Å². The summed E-state index contributed by atoms with van der Waals surface area (Å²) in [5.74, 6) is 0. The van der Waals surface area contributed by atoms with E-state index in [-0.39, 0.29) is 0 Å². The zero-order chi connectivity index (χ0) is 12.4. The minimum atomic E-state index is 0.306. The highest BCUT2D eigenvalue weighted by molar-refractivity contribution is 6.31. The van der Waals surface area contributed by atoms with Crippen LogP contribution in [0.2, 0.25) is 5.02 Å². The summed E-state index contributed by atoms with van der Waals surface area (Å²) in [6, 6.07) is 18.7. The molecule has 2 heteroatoms. The molecule has 1 nitrogen and oxygen atoms in total. The fourth-order valence-electron chi connectivity index (χ4n) is 2.39. The fourth-order valence-corrected chi connectivity index (χ4v) is 2.58. The molecule has 2 aromatic rings. The van der Waals surface area contributed by atoms with Crippen LogP contribution in [0.25, 0.3) is 0 Å². The van der Waals surface area contributed by atoms with Gasteiger partial charge in [0.15, 0.2) is 0 Å². The Balaban J connectivity index is 1.88. The first-order valence-electron chi connectivity index (χ1n) is 6.20. The number of benzene rings is 2. The van der Waals surface area contributed by atoms with E-state index in [1.165, 1.54) is 11.3 Å². The molecular weight excluding hydrogens is 242 g/mol. The normalized spacial score (nSPS) is 18.7. The van der Waals surface area contributed by atoms with E-state index < -0.39 is 0 Å². The summed E-state index contributed by atoms with van der Waals surface area (Å²) >= 11 is 6.02. The molecule has 2 aromatic carbocycles. The van der Waals surface area contributed by atoms with E-state index in [1.807, 2.05) is 24.3 Å². The van der Waals surface area contributed by atoms with Crippen LogP contribution in [-0.2, 0) is 0 Å². The molecule has 0 aliphatic carbocycles. The average Bonchev–Trinajstić information content (AvgIpc) is 2.89. The van der Waals surface area contributed by atoms with Crippen LogP contribution in [0.5, 0.6) is 0 Å². The van der Waals surface area contributed by atoms with Crippen molar-refractivity contribution in [2.75, 3.05) is 0 Å². The molecule has 0 N–H and O–H groups in total. The van der Waals surface area contributed by atoms with Gasteiger partial charge in [-0.15, -0.1) is 0 Å². The van der Waals surface area contributed by atoms with Crippen LogP contribution in [0.3, 0.4) is 0 Å². The van der Waals surface area contributed by atoms with E-state index in [4.69, 9.17) is 16.6 Å². The Labute approximate surface area is 112 Å². The Morgan fingerprint density at radius 3 is 2.61 bits per heavy atom. The largest absolute Gasteiger partial charge is 0.281 e. The zero-order valence-electron chi connectivity index (χ0n) is 10.0. The van der Waals surface area contributed by atoms with Crippen molar-refractivity contribution < 1.29 is 0 Å². The van der Waals surface area contributed by atoms with E-state index in [9.17, 15) is 0 Å². The van der Waals surface area contributed by atoms with Crippen molar-refractivity contribution in [1.82, 2.24) is 0 Å². The molecule has 0 saturated heterocycles. The molecule has 3 rings (SSSR count). The lowest BCUT2D eigenvalue weighted by Crippen LogP contribution is -1.94. The molecule has 0 fully saturated rings. The van der Waals surface area contributed by atoms with Crippen LogP contribution in [0.15, 0.2) is 59.6 Å². The molecule has 1 aliphatic rings. The van der Waals surface area contributed by atoms with Gasteiger partial charge in [0.2, 0.25) is 0 Å². The van der Waals surface area contributed by atoms with Gasteiger partial charge in [-0.25, -0.2) is 0 Å². The number of hydrogen-bond acceptors (Lipinski definition) is 1. The Kier molecular flexibility index (Phi) is 3.16. The minimum absolute atomic E-state index is 0.306. The van der Waals surface area contributed by atoms with Crippen molar-refractivity contribution in [2.24, 2.45) is 4.99 Å². The van der Waals surface area contributed by atoms with Crippen molar-refractivity contribution >= 4 is 17.3 Å². The second-order valence-corrected chi connectivity index (χ2v) is 4.99. The minimum Gasteiger partial charge on any atom is -0.281 e. The van der Waals surface area contributed by atoms with Crippen LogP contribution in [0.1, 0.15) is 30.0 Å². The molecule has 90 valence electrons. The maximum Gasteiger partial charge on any atom is 0.0756 e. The predicted octanol–water partition coefficient (Wildman–Crippen LogP) is 4.66. The van der Waals surface area contributed by atoms with Crippen molar-refractivity contribution in [3.8, 4) is 0 Å². The highest BCUT2D eigenvalue weighted by atomic mass is 35.5. The number of rotatable bonds is 2. The van der Waals surface area contributed by atoms with Gasteiger partial charge in [-0.05, 0) is 36.1 Å². The summed E-state index contributed by atoms with van der Waals surface area (Å²) in [6.07, 6.45) is 2.12. The number of hydrogen-bond donors (Lipinski definition) is 0. The van der Waals surface area contributed by atoms with Gasteiger partial charge < -0.3 is 0 Å². The van der Waals surface area contributed by atoms with Crippen LogP contribution in [0.4, 0.5) is 0 Å². The van der Waals surface area contributed by atoms with Crippen molar-refractivity contribution in [1.29, 1.82) is 0 Å². The van der Waals surface area contributed by atoms with E-state index in [1.54, 1.807) is 0 Å². The maximum atomic E-state index is 6.02. The molecule has 0 spiro atoms. The van der Waals surface area contributed by atoms with E-state index >= 15 is 0 Å². The third-order valence-electron chi connectivity index (χ3n) is 3.31. The summed E-state index contributed by atoms with van der Waals surface area (Å²) < 4.78 is 0. The molecule has 0 aromatic heterocycles. The quantitative estimate of drug-likeness (QED) is 0.740. The molecule has 0 unspecified atom stereocenters. The van der Waals surface area contributed by atoms with E-state index in [2.05, 4.69) is 30.3 Å². The highest BCUT2D eigenvalue weighted by Gasteiger charge is 2.19. The van der Waals surface area contributed by atoms with Gasteiger partial charge in [-0.3, -0.25) is 4.99 Å². The first kappa shape index (κ1) is 11.5. The van der Waals surface area contributed by atoms with Gasteiger partial charge in [0.1, 0.15) is 0 Å². The second-order valence-electron chi connectivity index (χ2n) is 4.55. The molecular formula is C16H14ClN. The SMILES string of the molecule is Clc1cccc(C2=N[C@H](c3ccccc3)CC2)c1. The lowest BCUT2D eigenvalue weighted by atomic mass is 10.0. The van der Waals surface area contributed by atoms with Crippen molar-refractivity contribution in [2.45, 2.75) is 18.9 Å². The average molecular weight is 256 g/mol. The summed E-state index contributed by atoms with van der Waals surface area (Å²) in [5.41, 5.74) is 3.63. The summed E-state index contributed by atoms with van der Waals surface area (Å²) in [6.45, 7) is 0. The number of aliphatic imine (C=N–C) groups is 1. The topological polar surface area (TPSA) is 12.4 Å². The van der Waals surface area contributed by atoms with Crippen LogP contribution >= 0.6 is 11.6 Å². The van der Waals surface area contributed by atoms with Gasteiger partial charge in [0.25, 0.3) is 0 Å². The summed E-state index contributed by atoms with van der Waals surface area (Å²) in [5, 5.41) is 0.776. The predicted molar refractivity (Wildman–Crippen MR) is 76.4 cm³/mol. The first-order valence-corrected chi connectivity index (χ1v) is 6.58. The van der Waals surface area contributed by atoms with Gasteiger partial charge in [0, 0.05) is 10.7 Å². The Hall–Kier alpha value is -1.60. The van der Waals surface area contributed by atoms with Crippen LogP contribution < -0.4 is 0 Å². The maximum absolute atomic E-state index is 6.02. The Morgan fingerprint density at radius 2 is 1.83 bits per heavy atom. The number of nitrogens with zero attached hydrogens (tertiary/aromatic N) is 1. The molecule has 1 heterocycles. The third-order valence-corrected chi connectivity index (χ3v) is 3.54. The second kappa shape index (κ2) is 4.95. The molecule has 18 heavy (non-hydrogen) atoms. The van der Waals surface area contributed by atoms with E-state index in [0.717, 1.165) is 23.4 Å². The summed E-state index contributed by atoms with van der Waals surface area (Å²) in [7, 11) is 0. The standard InChI is InChI=1S/C16H14ClN/c17-14-8-4-7-13(11-14)16-10-9-15(18-16)12-5-2-1-3-6-12/h1-8,11,15H,9-10H2/t15-/m0/s1. The lowest BCUT2D eigenvalue weighted by Gasteiger charge is -2.05. The Morgan fingerprint density at radius 1 is 1.00 bits per heavy atom. The molecule has 0 saturated carbocycles. The third kappa shape index (κ3) is 2.32.